The summed E-state index contributed by atoms with van der Waals surface area (Å²) in [7, 11) is 0. The quantitative estimate of drug-likeness (QED) is 0.324. The van der Waals surface area contributed by atoms with Crippen molar-refractivity contribution in [2.45, 2.75) is 95.0 Å². The minimum atomic E-state index is -0.561. The molecule has 232 valence electrons. The first-order valence-electron chi connectivity index (χ1n) is 16.4. The number of benzene rings is 2. The highest BCUT2D eigenvalue weighted by Crippen LogP contribution is 2.55. The molecule has 2 aliphatic heterocycles. The zero-order valence-electron chi connectivity index (χ0n) is 25.3. The highest BCUT2D eigenvalue weighted by Gasteiger charge is 2.51. The van der Waals surface area contributed by atoms with Crippen LogP contribution < -0.4 is 10.6 Å². The van der Waals surface area contributed by atoms with Gasteiger partial charge in [0.15, 0.2) is 6.29 Å². The van der Waals surface area contributed by atoms with Crippen LogP contribution in [0.15, 0.2) is 48.5 Å². The number of carbonyl (C=O) groups is 1. The number of hydrogen-bond donors (Lipinski definition) is 4. The fraction of sp³-hybridized carbons (Fsp3) is 0.629. The summed E-state index contributed by atoms with van der Waals surface area (Å²) < 4.78 is 13.3. The second kappa shape index (κ2) is 12.1. The van der Waals surface area contributed by atoms with E-state index in [1.807, 2.05) is 48.5 Å². The first-order valence-corrected chi connectivity index (χ1v) is 16.4. The van der Waals surface area contributed by atoms with Gasteiger partial charge in [0.05, 0.1) is 25.4 Å². The molecule has 8 nitrogen and oxygen atoms in total. The van der Waals surface area contributed by atoms with Crippen LogP contribution in [0.3, 0.4) is 0 Å². The lowest BCUT2D eigenvalue weighted by Gasteiger charge is -2.56. The number of aliphatic hydroxyl groups excluding tert-OH is 2. The van der Waals surface area contributed by atoms with Crippen molar-refractivity contribution in [3.8, 4) is 0 Å². The molecule has 4 aliphatic carbocycles. The molecular formula is C35H47N3O5. The zero-order chi connectivity index (χ0) is 29.6. The molecule has 5 unspecified atom stereocenters. The molecular weight excluding hydrogens is 542 g/mol. The van der Waals surface area contributed by atoms with Crippen molar-refractivity contribution in [1.82, 2.24) is 10.2 Å². The van der Waals surface area contributed by atoms with Gasteiger partial charge >= 0.3 is 6.03 Å². The molecule has 0 radical (unpaired) electrons. The Morgan fingerprint density at radius 2 is 1.58 bits per heavy atom. The summed E-state index contributed by atoms with van der Waals surface area (Å²) in [4.78, 5) is 15.5. The number of urea groups is 1. The lowest BCUT2D eigenvalue weighted by atomic mass is 9.53. The Kier molecular flexibility index (Phi) is 8.24. The van der Waals surface area contributed by atoms with Crippen LogP contribution in [0, 0.1) is 23.7 Å². The zero-order valence-corrected chi connectivity index (χ0v) is 25.3. The first-order chi connectivity index (χ1) is 20.9. The third kappa shape index (κ3) is 6.09. The van der Waals surface area contributed by atoms with Gasteiger partial charge in [0.1, 0.15) is 0 Å². The average molecular weight is 590 g/mol. The van der Waals surface area contributed by atoms with Crippen LogP contribution in [0.4, 0.5) is 10.5 Å². The minimum Gasteiger partial charge on any atom is -0.395 e. The number of carbonyl (C=O) groups excluding carboxylic acids is 1. The number of nitrogens with one attached hydrogen (secondary N) is 2. The molecule has 0 aromatic heterocycles. The third-order valence-corrected chi connectivity index (χ3v) is 11.1. The van der Waals surface area contributed by atoms with Crippen molar-refractivity contribution >= 4 is 11.7 Å². The molecule has 4 bridgehead atoms. The van der Waals surface area contributed by atoms with E-state index in [0.29, 0.717) is 0 Å². The smallest absolute Gasteiger partial charge is 0.319 e. The van der Waals surface area contributed by atoms with E-state index < -0.39 is 6.29 Å². The number of hydrogen-bond acceptors (Lipinski definition) is 6. The van der Waals surface area contributed by atoms with E-state index in [1.54, 1.807) is 0 Å². The van der Waals surface area contributed by atoms with Crippen LogP contribution in [0.2, 0.25) is 0 Å². The average Bonchev–Trinajstić information content (AvgIpc) is 3.45. The molecule has 2 saturated heterocycles. The van der Waals surface area contributed by atoms with Crippen molar-refractivity contribution in [2.75, 3.05) is 25.0 Å². The lowest BCUT2D eigenvalue weighted by molar-refractivity contribution is -0.276. The summed E-state index contributed by atoms with van der Waals surface area (Å²) in [5, 5.41) is 25.9. The van der Waals surface area contributed by atoms with Crippen molar-refractivity contribution < 1.29 is 24.5 Å². The summed E-state index contributed by atoms with van der Waals surface area (Å²) in [6.07, 6.45) is 8.70. The second-order valence-corrected chi connectivity index (χ2v) is 14.2. The van der Waals surface area contributed by atoms with Gasteiger partial charge in [-0.2, -0.15) is 0 Å². The largest absolute Gasteiger partial charge is 0.395 e. The molecule has 4 saturated carbocycles. The van der Waals surface area contributed by atoms with Gasteiger partial charge in [-0.25, -0.2) is 4.79 Å². The van der Waals surface area contributed by atoms with E-state index in [4.69, 9.17) is 9.47 Å². The maximum atomic E-state index is 13.1. The van der Waals surface area contributed by atoms with E-state index in [-0.39, 0.29) is 49.0 Å². The normalized spacial score (nSPS) is 37.0. The van der Waals surface area contributed by atoms with E-state index >= 15 is 0 Å². The van der Waals surface area contributed by atoms with Gasteiger partial charge in [-0.1, -0.05) is 43.3 Å². The molecule has 43 heavy (non-hydrogen) atoms. The van der Waals surface area contributed by atoms with Gasteiger partial charge < -0.3 is 30.3 Å². The van der Waals surface area contributed by atoms with E-state index in [0.717, 1.165) is 85.3 Å². The number of amides is 2. The second-order valence-electron chi connectivity index (χ2n) is 14.2. The molecule has 6 aliphatic rings. The van der Waals surface area contributed by atoms with Crippen molar-refractivity contribution in [1.29, 1.82) is 0 Å². The predicted octanol–water partition coefficient (Wildman–Crippen LogP) is 5.52. The highest BCUT2D eigenvalue weighted by molar-refractivity contribution is 5.89. The topological polar surface area (TPSA) is 103 Å². The summed E-state index contributed by atoms with van der Waals surface area (Å²) in [6.45, 7) is 4.05. The molecule has 2 aromatic rings. The Hall–Kier alpha value is -2.49. The van der Waals surface area contributed by atoms with Gasteiger partial charge in [-0.05, 0) is 98.9 Å². The fourth-order valence-corrected chi connectivity index (χ4v) is 9.29. The third-order valence-electron chi connectivity index (χ3n) is 11.1. The number of aliphatic hydroxyl groups is 2. The number of likely N-dealkylation sites (tertiary alicyclic amines) is 1. The molecule has 8 heteroatoms. The van der Waals surface area contributed by atoms with Gasteiger partial charge in [-0.15, -0.1) is 0 Å². The molecule has 4 N–H and O–H groups in total. The van der Waals surface area contributed by atoms with Crippen LogP contribution >= 0.6 is 0 Å². The van der Waals surface area contributed by atoms with E-state index in [2.05, 4.69) is 22.5 Å². The molecule has 6 fully saturated rings. The lowest BCUT2D eigenvalue weighted by Crippen LogP contribution is -2.60. The first kappa shape index (κ1) is 29.2. The Balaban J connectivity index is 1.04. The monoisotopic (exact) mass is 589 g/mol. The van der Waals surface area contributed by atoms with Crippen molar-refractivity contribution in [3.05, 3.63) is 65.2 Å². The van der Waals surface area contributed by atoms with Crippen molar-refractivity contribution in [3.63, 3.8) is 0 Å². The summed E-state index contributed by atoms with van der Waals surface area (Å²) in [6, 6.07) is 15.9. The molecule has 8 rings (SSSR count). The summed E-state index contributed by atoms with van der Waals surface area (Å²) in [5.41, 5.74) is 3.56. The maximum Gasteiger partial charge on any atom is 0.319 e. The van der Waals surface area contributed by atoms with Crippen LogP contribution in [-0.2, 0) is 16.1 Å². The molecule has 0 spiro atoms. The van der Waals surface area contributed by atoms with Crippen LogP contribution in [0.5, 0.6) is 0 Å². The number of anilines is 1. The minimum absolute atomic E-state index is 0.00811. The fourth-order valence-electron chi connectivity index (χ4n) is 9.29. The molecule has 2 amide bonds. The van der Waals surface area contributed by atoms with Crippen molar-refractivity contribution in [2.24, 2.45) is 23.7 Å². The Bertz CT molecular complexity index is 1230. The van der Waals surface area contributed by atoms with Crippen LogP contribution in [0.25, 0.3) is 0 Å². The van der Waals surface area contributed by atoms with E-state index in [1.165, 1.54) is 19.3 Å². The number of ether oxygens (including phenoxy) is 2. The van der Waals surface area contributed by atoms with Gasteiger partial charge in [-0.3, -0.25) is 4.90 Å². The van der Waals surface area contributed by atoms with Crippen LogP contribution in [0.1, 0.15) is 87.4 Å². The van der Waals surface area contributed by atoms with Gasteiger partial charge in [0.2, 0.25) is 0 Å². The molecule has 2 heterocycles. The van der Waals surface area contributed by atoms with Gasteiger partial charge in [0, 0.05) is 35.3 Å². The standard InChI is InChI=1S/C35H47N3O5/c1-22-31(19-38-12-2-3-30(38)21-40)42-33(43-32(22)27-6-4-23(20-39)5-7-27)28-8-10-29(11-9-28)36-34(41)37-35-16-24-13-25(17-35)15-26(14-24)18-35/h4-11,22,24-26,30-33,39-40H,2-3,12-21H2,1H3,(H2,36,37,41). The predicted molar refractivity (Wildman–Crippen MR) is 164 cm³/mol. The highest BCUT2D eigenvalue weighted by atomic mass is 16.7. The SMILES string of the molecule is CC1C(CN2CCCC2CO)OC(c2ccc(NC(=O)NC34CC5CC(CC(C5)C3)C4)cc2)OC1c1ccc(CO)cc1. The van der Waals surface area contributed by atoms with E-state index in [9.17, 15) is 15.0 Å². The Morgan fingerprint density at radius 1 is 0.930 bits per heavy atom. The molecule has 2 aromatic carbocycles. The van der Waals surface area contributed by atoms with Crippen LogP contribution in [-0.4, -0.2) is 58.5 Å². The maximum absolute atomic E-state index is 13.1. The molecule has 5 atom stereocenters. The summed E-state index contributed by atoms with van der Waals surface area (Å²) in [5.74, 6) is 2.43. The number of nitrogens with zero attached hydrogens (tertiary/aromatic N) is 1. The van der Waals surface area contributed by atoms with Gasteiger partial charge in [0.25, 0.3) is 0 Å². The Labute approximate surface area is 255 Å². The summed E-state index contributed by atoms with van der Waals surface area (Å²) >= 11 is 0. The number of rotatable bonds is 8. The Morgan fingerprint density at radius 3 is 2.21 bits per heavy atom.